The zero-order valence-electron chi connectivity index (χ0n) is 11.3. The van der Waals surface area contributed by atoms with E-state index in [1.165, 1.54) is 0 Å². The molecule has 110 valence electrons. The third-order valence-corrected chi connectivity index (χ3v) is 4.14. The van der Waals surface area contributed by atoms with Crippen molar-refractivity contribution in [1.82, 2.24) is 9.97 Å². The Balaban J connectivity index is 2.06. The molecule has 0 amide bonds. The number of aromatic amines is 1. The van der Waals surface area contributed by atoms with Crippen molar-refractivity contribution in [3.63, 3.8) is 0 Å². The van der Waals surface area contributed by atoms with Crippen LogP contribution in [-0.4, -0.2) is 30.3 Å². The highest BCUT2D eigenvalue weighted by atomic mass is 127. The van der Waals surface area contributed by atoms with E-state index >= 15 is 0 Å². The van der Waals surface area contributed by atoms with Crippen LogP contribution in [0.4, 0.5) is 0 Å². The van der Waals surface area contributed by atoms with E-state index in [0.717, 1.165) is 5.56 Å². The predicted octanol–water partition coefficient (Wildman–Crippen LogP) is 1.96. The number of halogens is 1. The van der Waals surface area contributed by atoms with Crippen molar-refractivity contribution < 1.29 is 14.2 Å². The first-order valence-corrected chi connectivity index (χ1v) is 7.44. The second-order valence-electron chi connectivity index (χ2n) is 4.47. The molecule has 0 radical (unpaired) electrons. The summed E-state index contributed by atoms with van der Waals surface area (Å²) in [6.07, 6.45) is 0. The Morgan fingerprint density at radius 1 is 1.33 bits per heavy atom. The first-order valence-electron chi connectivity index (χ1n) is 6.36. The standard InChI is InChI=1S/C14H13IN2O4/c1-19-7-9-12(15)14(18)17-13(16-9)8-2-3-10-11(6-8)21-5-4-20-10/h2-3,6H,4-5,7H2,1H3,(H,16,17,18). The molecule has 3 rings (SSSR count). The zero-order chi connectivity index (χ0) is 14.8. The maximum absolute atomic E-state index is 12.0. The van der Waals surface area contributed by atoms with Gasteiger partial charge in [0.15, 0.2) is 11.5 Å². The van der Waals surface area contributed by atoms with E-state index in [1.807, 2.05) is 40.8 Å². The molecule has 6 nitrogen and oxygen atoms in total. The van der Waals surface area contributed by atoms with Crippen LogP contribution in [0.2, 0.25) is 0 Å². The van der Waals surface area contributed by atoms with Gasteiger partial charge in [-0.2, -0.15) is 0 Å². The van der Waals surface area contributed by atoms with Gasteiger partial charge in [-0.1, -0.05) is 0 Å². The molecular formula is C14H13IN2O4. The molecule has 0 spiro atoms. The SMILES string of the molecule is COCc1nc(-c2ccc3c(c2)OCCO3)[nH]c(=O)c1I. The van der Waals surface area contributed by atoms with Crippen LogP contribution < -0.4 is 15.0 Å². The van der Waals surface area contributed by atoms with Crippen LogP contribution in [0, 0.1) is 3.57 Å². The van der Waals surface area contributed by atoms with Gasteiger partial charge in [0, 0.05) is 12.7 Å². The molecule has 0 fully saturated rings. The summed E-state index contributed by atoms with van der Waals surface area (Å²) in [4.78, 5) is 19.2. The monoisotopic (exact) mass is 400 g/mol. The minimum absolute atomic E-state index is 0.178. The van der Waals surface area contributed by atoms with Gasteiger partial charge in [-0.3, -0.25) is 4.79 Å². The summed E-state index contributed by atoms with van der Waals surface area (Å²) in [5, 5.41) is 0. The maximum Gasteiger partial charge on any atom is 0.264 e. The number of methoxy groups -OCH3 is 1. The summed E-state index contributed by atoms with van der Waals surface area (Å²) in [5.41, 5.74) is 1.21. The highest BCUT2D eigenvalue weighted by Gasteiger charge is 2.15. The summed E-state index contributed by atoms with van der Waals surface area (Å²) in [6.45, 7) is 1.35. The topological polar surface area (TPSA) is 73.4 Å². The van der Waals surface area contributed by atoms with Crippen molar-refractivity contribution in [3.8, 4) is 22.9 Å². The second-order valence-corrected chi connectivity index (χ2v) is 5.55. The van der Waals surface area contributed by atoms with Gasteiger partial charge < -0.3 is 19.2 Å². The minimum atomic E-state index is -0.178. The predicted molar refractivity (Wildman–Crippen MR) is 84.7 cm³/mol. The van der Waals surface area contributed by atoms with Crippen LogP contribution in [0.1, 0.15) is 5.69 Å². The molecule has 1 aromatic heterocycles. The molecule has 0 saturated carbocycles. The van der Waals surface area contributed by atoms with Crippen LogP contribution in [0.5, 0.6) is 11.5 Å². The fraction of sp³-hybridized carbons (Fsp3) is 0.286. The molecule has 0 atom stereocenters. The van der Waals surface area contributed by atoms with Crippen LogP contribution in [0.15, 0.2) is 23.0 Å². The van der Waals surface area contributed by atoms with E-state index in [2.05, 4.69) is 9.97 Å². The Labute approximate surface area is 134 Å². The van der Waals surface area contributed by atoms with E-state index < -0.39 is 0 Å². The first kappa shape index (κ1) is 14.3. The number of hydrogen-bond donors (Lipinski definition) is 1. The Kier molecular flexibility index (Phi) is 4.11. The first-order chi connectivity index (χ1) is 10.2. The van der Waals surface area contributed by atoms with Gasteiger partial charge in [0.2, 0.25) is 0 Å². The van der Waals surface area contributed by atoms with Crippen LogP contribution in [0.3, 0.4) is 0 Å². The van der Waals surface area contributed by atoms with Crippen molar-refractivity contribution in [2.75, 3.05) is 20.3 Å². The third kappa shape index (κ3) is 2.88. The fourth-order valence-corrected chi connectivity index (χ4v) is 2.48. The number of aromatic nitrogens is 2. The van der Waals surface area contributed by atoms with Crippen molar-refractivity contribution >= 4 is 22.6 Å². The lowest BCUT2D eigenvalue weighted by molar-refractivity contribution is 0.171. The van der Waals surface area contributed by atoms with E-state index in [0.29, 0.717) is 46.4 Å². The molecule has 0 aliphatic carbocycles. The molecule has 21 heavy (non-hydrogen) atoms. The summed E-state index contributed by atoms with van der Waals surface area (Å²) >= 11 is 1.97. The minimum Gasteiger partial charge on any atom is -0.486 e. The van der Waals surface area contributed by atoms with Crippen molar-refractivity contribution in [1.29, 1.82) is 0 Å². The van der Waals surface area contributed by atoms with Gasteiger partial charge >= 0.3 is 0 Å². The maximum atomic E-state index is 12.0. The van der Waals surface area contributed by atoms with E-state index in [9.17, 15) is 4.79 Å². The molecule has 0 bridgehead atoms. The molecular weight excluding hydrogens is 387 g/mol. The average Bonchev–Trinajstić information content (AvgIpc) is 2.51. The highest BCUT2D eigenvalue weighted by Crippen LogP contribution is 2.33. The van der Waals surface area contributed by atoms with E-state index in [1.54, 1.807) is 7.11 Å². The number of nitrogens with zero attached hydrogens (tertiary/aromatic N) is 1. The summed E-state index contributed by atoms with van der Waals surface area (Å²) in [5.74, 6) is 1.85. The number of H-pyrrole nitrogens is 1. The van der Waals surface area contributed by atoms with Crippen molar-refractivity contribution in [2.24, 2.45) is 0 Å². The molecule has 0 saturated heterocycles. The van der Waals surface area contributed by atoms with Crippen LogP contribution in [-0.2, 0) is 11.3 Å². The number of rotatable bonds is 3. The Morgan fingerprint density at radius 3 is 2.86 bits per heavy atom. The summed E-state index contributed by atoms with van der Waals surface area (Å²) in [6, 6.07) is 5.48. The average molecular weight is 400 g/mol. The van der Waals surface area contributed by atoms with E-state index in [4.69, 9.17) is 14.2 Å². The number of fused-ring (bicyclic) bond motifs is 1. The largest absolute Gasteiger partial charge is 0.486 e. The Bertz CT molecular complexity index is 729. The lowest BCUT2D eigenvalue weighted by Crippen LogP contribution is -2.17. The Morgan fingerprint density at radius 2 is 2.10 bits per heavy atom. The lowest BCUT2D eigenvalue weighted by atomic mass is 10.1. The quantitative estimate of drug-likeness (QED) is 0.798. The van der Waals surface area contributed by atoms with Gasteiger partial charge in [-0.25, -0.2) is 4.98 Å². The smallest absolute Gasteiger partial charge is 0.264 e. The molecule has 1 aliphatic heterocycles. The van der Waals surface area contributed by atoms with Crippen molar-refractivity contribution in [3.05, 3.63) is 37.8 Å². The molecule has 7 heteroatoms. The van der Waals surface area contributed by atoms with E-state index in [-0.39, 0.29) is 5.56 Å². The van der Waals surface area contributed by atoms with Gasteiger partial charge in [-0.15, -0.1) is 0 Å². The van der Waals surface area contributed by atoms with Crippen molar-refractivity contribution in [2.45, 2.75) is 6.61 Å². The summed E-state index contributed by atoms with van der Waals surface area (Å²) < 4.78 is 16.6. The van der Waals surface area contributed by atoms with Gasteiger partial charge in [-0.05, 0) is 40.8 Å². The lowest BCUT2D eigenvalue weighted by Gasteiger charge is -2.18. The van der Waals surface area contributed by atoms with Crippen LogP contribution in [0.25, 0.3) is 11.4 Å². The van der Waals surface area contributed by atoms with Crippen LogP contribution >= 0.6 is 22.6 Å². The number of benzene rings is 1. The Hall–Kier alpha value is -1.61. The highest BCUT2D eigenvalue weighted by molar-refractivity contribution is 14.1. The van der Waals surface area contributed by atoms with Gasteiger partial charge in [0.25, 0.3) is 5.56 Å². The van der Waals surface area contributed by atoms with Gasteiger partial charge in [0.1, 0.15) is 22.6 Å². The number of ether oxygens (including phenoxy) is 3. The molecule has 1 N–H and O–H groups in total. The normalized spacial score (nSPS) is 13.2. The van der Waals surface area contributed by atoms with Gasteiger partial charge in [0.05, 0.1) is 12.3 Å². The molecule has 2 heterocycles. The third-order valence-electron chi connectivity index (χ3n) is 3.03. The second kappa shape index (κ2) is 6.02. The summed E-state index contributed by atoms with van der Waals surface area (Å²) in [7, 11) is 1.57. The molecule has 2 aromatic rings. The number of hydrogen-bond acceptors (Lipinski definition) is 5. The molecule has 0 unspecified atom stereocenters. The number of nitrogens with one attached hydrogen (secondary N) is 1. The molecule has 1 aromatic carbocycles. The zero-order valence-corrected chi connectivity index (χ0v) is 13.5. The fourth-order valence-electron chi connectivity index (χ4n) is 2.07. The molecule has 1 aliphatic rings.